The minimum Gasteiger partial charge on any atom is -0.497 e. The molecule has 36 heavy (non-hydrogen) atoms. The van der Waals surface area contributed by atoms with Crippen molar-refractivity contribution in [1.29, 1.82) is 0 Å². The van der Waals surface area contributed by atoms with Gasteiger partial charge in [-0.3, -0.25) is 9.69 Å². The Bertz CT molecular complexity index is 1260. The van der Waals surface area contributed by atoms with Gasteiger partial charge in [0, 0.05) is 18.7 Å². The summed E-state index contributed by atoms with van der Waals surface area (Å²) in [6.07, 6.45) is 1.41. The second-order valence-corrected chi connectivity index (χ2v) is 8.54. The fourth-order valence-electron chi connectivity index (χ4n) is 4.03. The van der Waals surface area contributed by atoms with E-state index in [9.17, 15) is 4.79 Å². The lowest BCUT2D eigenvalue weighted by molar-refractivity contribution is 0.0934. The van der Waals surface area contributed by atoms with Crippen molar-refractivity contribution in [3.63, 3.8) is 0 Å². The summed E-state index contributed by atoms with van der Waals surface area (Å²) in [6.45, 7) is 3.59. The molecule has 0 bridgehead atoms. The number of rotatable bonds is 11. The molecule has 0 radical (unpaired) electrons. The molecule has 7 heteroatoms. The Balaban J connectivity index is 1.50. The third-order valence-electron chi connectivity index (χ3n) is 5.92. The zero-order valence-electron chi connectivity index (χ0n) is 20.8. The van der Waals surface area contributed by atoms with Gasteiger partial charge >= 0.3 is 0 Å². The molecule has 0 fully saturated rings. The van der Waals surface area contributed by atoms with Gasteiger partial charge in [-0.15, -0.1) is 0 Å². The number of aromatic nitrogens is 1. The molecule has 4 aromatic rings. The molecule has 0 aliphatic rings. The number of carbonyl (C=O) groups excluding carboxylic acids is 1. The molecule has 0 aliphatic heterocycles. The molecule has 0 unspecified atom stereocenters. The van der Waals surface area contributed by atoms with Gasteiger partial charge < -0.3 is 19.2 Å². The lowest BCUT2D eigenvalue weighted by atomic mass is 10.1. The molecule has 1 heterocycles. The van der Waals surface area contributed by atoms with Gasteiger partial charge in [0.2, 0.25) is 5.89 Å². The molecule has 7 nitrogen and oxygen atoms in total. The minimum atomic E-state index is -0.273. The van der Waals surface area contributed by atoms with E-state index in [0.29, 0.717) is 25.5 Å². The summed E-state index contributed by atoms with van der Waals surface area (Å²) >= 11 is 0. The number of oxazole rings is 1. The van der Waals surface area contributed by atoms with Crippen LogP contribution in [0.1, 0.15) is 46.0 Å². The third-order valence-corrected chi connectivity index (χ3v) is 5.92. The average Bonchev–Trinajstić information content (AvgIpc) is 3.38. The summed E-state index contributed by atoms with van der Waals surface area (Å²) < 4.78 is 16.7. The van der Waals surface area contributed by atoms with E-state index >= 15 is 0 Å². The third kappa shape index (κ3) is 6.52. The second-order valence-electron chi connectivity index (χ2n) is 8.54. The summed E-state index contributed by atoms with van der Waals surface area (Å²) in [5.74, 6) is 1.72. The van der Waals surface area contributed by atoms with Crippen molar-refractivity contribution >= 4 is 5.91 Å². The first-order valence-corrected chi connectivity index (χ1v) is 11.8. The fourth-order valence-corrected chi connectivity index (χ4v) is 4.03. The minimum absolute atomic E-state index is 0.144. The molecular formula is C29H31N3O4. The summed E-state index contributed by atoms with van der Waals surface area (Å²) in [4.78, 5) is 19.5. The van der Waals surface area contributed by atoms with Gasteiger partial charge in [0.25, 0.3) is 5.91 Å². The first-order valence-electron chi connectivity index (χ1n) is 11.8. The van der Waals surface area contributed by atoms with Gasteiger partial charge in [-0.1, -0.05) is 60.7 Å². The topological polar surface area (TPSA) is 76.8 Å². The van der Waals surface area contributed by atoms with Gasteiger partial charge in [0.15, 0.2) is 5.69 Å². The van der Waals surface area contributed by atoms with E-state index in [0.717, 1.165) is 28.2 Å². The van der Waals surface area contributed by atoms with E-state index in [1.807, 2.05) is 73.7 Å². The molecule has 0 aliphatic carbocycles. The van der Waals surface area contributed by atoms with Crippen LogP contribution in [0.3, 0.4) is 0 Å². The van der Waals surface area contributed by atoms with Crippen molar-refractivity contribution in [2.24, 2.45) is 0 Å². The number of amides is 1. The van der Waals surface area contributed by atoms with Gasteiger partial charge in [-0.2, -0.15) is 0 Å². The Morgan fingerprint density at radius 3 is 2.36 bits per heavy atom. The standard InChI is InChI=1S/C29H31N3O4/c1-21(23-12-8-5-9-13-23)30-29(33)26-20-36-28(31-26)19-32(17-22-10-6-4-7-11-22)18-24-16-25(34-2)14-15-27(24)35-3/h4-16,20-21H,17-19H2,1-3H3,(H,30,33)/t21-/m0/s1. The maximum Gasteiger partial charge on any atom is 0.273 e. The molecule has 1 amide bonds. The van der Waals surface area contributed by atoms with Crippen LogP contribution in [0.15, 0.2) is 89.5 Å². The van der Waals surface area contributed by atoms with E-state index in [-0.39, 0.29) is 17.6 Å². The highest BCUT2D eigenvalue weighted by Gasteiger charge is 2.19. The van der Waals surface area contributed by atoms with Crippen molar-refractivity contribution in [3.8, 4) is 11.5 Å². The Labute approximate surface area is 211 Å². The quantitative estimate of drug-likeness (QED) is 0.307. The van der Waals surface area contributed by atoms with Crippen molar-refractivity contribution in [2.45, 2.75) is 32.6 Å². The van der Waals surface area contributed by atoms with Crippen molar-refractivity contribution < 1.29 is 18.7 Å². The van der Waals surface area contributed by atoms with Crippen LogP contribution in [0.4, 0.5) is 0 Å². The summed E-state index contributed by atoms with van der Waals surface area (Å²) in [5.41, 5.74) is 3.41. The lowest BCUT2D eigenvalue weighted by Gasteiger charge is -2.22. The highest BCUT2D eigenvalue weighted by atomic mass is 16.5. The van der Waals surface area contributed by atoms with E-state index < -0.39 is 0 Å². The molecule has 186 valence electrons. The predicted octanol–water partition coefficient (Wildman–Crippen LogP) is 5.39. The number of nitrogens with zero attached hydrogens (tertiary/aromatic N) is 2. The van der Waals surface area contributed by atoms with Gasteiger partial charge in [-0.05, 0) is 36.2 Å². The highest BCUT2D eigenvalue weighted by Crippen LogP contribution is 2.26. The first-order chi connectivity index (χ1) is 17.6. The largest absolute Gasteiger partial charge is 0.497 e. The first kappa shape index (κ1) is 25.0. The number of hydrogen-bond donors (Lipinski definition) is 1. The van der Waals surface area contributed by atoms with Gasteiger partial charge in [0.1, 0.15) is 17.8 Å². The normalized spacial score (nSPS) is 11.8. The van der Waals surface area contributed by atoms with Crippen LogP contribution < -0.4 is 14.8 Å². The van der Waals surface area contributed by atoms with E-state index in [1.165, 1.54) is 6.26 Å². The number of carbonyl (C=O) groups is 1. The monoisotopic (exact) mass is 485 g/mol. The zero-order chi connectivity index (χ0) is 25.3. The van der Waals surface area contributed by atoms with Crippen LogP contribution >= 0.6 is 0 Å². The van der Waals surface area contributed by atoms with Crippen LogP contribution in [0.25, 0.3) is 0 Å². The van der Waals surface area contributed by atoms with Crippen LogP contribution in [-0.4, -0.2) is 30.0 Å². The SMILES string of the molecule is COc1ccc(OC)c(CN(Cc2ccccc2)Cc2nc(C(=O)N[C@@H](C)c3ccccc3)co2)c1. The molecule has 1 atom stereocenters. The molecule has 0 saturated heterocycles. The number of methoxy groups -OCH3 is 2. The summed E-state index contributed by atoms with van der Waals surface area (Å²) in [7, 11) is 3.30. The molecular weight excluding hydrogens is 454 g/mol. The Hall–Kier alpha value is -4.10. The Morgan fingerprint density at radius 1 is 0.944 bits per heavy atom. The molecule has 4 rings (SSSR count). The van der Waals surface area contributed by atoms with Crippen molar-refractivity contribution in [3.05, 3.63) is 113 Å². The zero-order valence-corrected chi connectivity index (χ0v) is 20.8. The fraction of sp³-hybridized carbons (Fsp3) is 0.241. The van der Waals surface area contributed by atoms with E-state index in [4.69, 9.17) is 13.9 Å². The van der Waals surface area contributed by atoms with Gasteiger partial charge in [0.05, 0.1) is 26.8 Å². The molecule has 1 aromatic heterocycles. The number of nitrogens with one attached hydrogen (secondary N) is 1. The lowest BCUT2D eigenvalue weighted by Crippen LogP contribution is -2.27. The number of ether oxygens (including phenoxy) is 2. The van der Waals surface area contributed by atoms with E-state index in [1.54, 1.807) is 14.2 Å². The second kappa shape index (κ2) is 12.0. The van der Waals surface area contributed by atoms with Crippen LogP contribution in [0.2, 0.25) is 0 Å². The van der Waals surface area contributed by atoms with Crippen molar-refractivity contribution in [2.75, 3.05) is 14.2 Å². The summed E-state index contributed by atoms with van der Waals surface area (Å²) in [5, 5.41) is 2.98. The smallest absolute Gasteiger partial charge is 0.273 e. The Kier molecular flexibility index (Phi) is 8.36. The van der Waals surface area contributed by atoms with Crippen LogP contribution in [0, 0.1) is 0 Å². The van der Waals surface area contributed by atoms with Crippen LogP contribution in [-0.2, 0) is 19.6 Å². The highest BCUT2D eigenvalue weighted by molar-refractivity contribution is 5.92. The number of benzene rings is 3. The average molecular weight is 486 g/mol. The Morgan fingerprint density at radius 2 is 1.67 bits per heavy atom. The molecule has 0 spiro atoms. The van der Waals surface area contributed by atoms with Crippen LogP contribution in [0.5, 0.6) is 11.5 Å². The molecule has 3 aromatic carbocycles. The molecule has 0 saturated carbocycles. The van der Waals surface area contributed by atoms with Crippen molar-refractivity contribution in [1.82, 2.24) is 15.2 Å². The maximum absolute atomic E-state index is 12.8. The number of hydrogen-bond acceptors (Lipinski definition) is 6. The molecule has 1 N–H and O–H groups in total. The van der Waals surface area contributed by atoms with E-state index in [2.05, 4.69) is 27.3 Å². The maximum atomic E-state index is 12.8. The summed E-state index contributed by atoms with van der Waals surface area (Å²) in [6, 6.07) is 25.6. The predicted molar refractivity (Wildman–Crippen MR) is 138 cm³/mol. The van der Waals surface area contributed by atoms with Gasteiger partial charge in [-0.25, -0.2) is 4.98 Å².